The number of nitro groups is 1. The minimum atomic E-state index is -0.556. The predicted molar refractivity (Wildman–Crippen MR) is 65.1 cm³/mol. The van der Waals surface area contributed by atoms with Gasteiger partial charge in [-0.3, -0.25) is 10.1 Å². The fraction of sp³-hybridized carbons (Fsp3) is 0.417. The Labute approximate surface area is 104 Å². The number of hydrogen-bond acceptors (Lipinski definition) is 5. The summed E-state index contributed by atoms with van der Waals surface area (Å²) in [7, 11) is 0. The fourth-order valence-electron chi connectivity index (χ4n) is 1.82. The Balaban J connectivity index is 2.22. The Morgan fingerprint density at radius 1 is 1.56 bits per heavy atom. The largest absolute Gasteiger partial charge is 0.396 e. The molecular formula is C12H13N3O3. The number of nitro benzene ring substituents is 1. The van der Waals surface area contributed by atoms with Crippen molar-refractivity contribution in [1.82, 2.24) is 0 Å². The van der Waals surface area contributed by atoms with Gasteiger partial charge in [-0.15, -0.1) is 0 Å². The molecule has 0 amide bonds. The highest BCUT2D eigenvalue weighted by Gasteiger charge is 2.42. The van der Waals surface area contributed by atoms with Gasteiger partial charge in [0.2, 0.25) is 0 Å². The number of rotatable bonds is 5. The lowest BCUT2D eigenvalue weighted by atomic mass is 10.1. The molecule has 0 saturated heterocycles. The normalized spacial score (nSPS) is 15.8. The highest BCUT2D eigenvalue weighted by Crippen LogP contribution is 2.45. The van der Waals surface area contributed by atoms with E-state index in [0.717, 1.165) is 12.8 Å². The van der Waals surface area contributed by atoms with E-state index in [1.165, 1.54) is 6.07 Å². The molecule has 0 atom stereocenters. The molecule has 2 rings (SSSR count). The van der Waals surface area contributed by atoms with Crippen LogP contribution in [0.5, 0.6) is 0 Å². The Bertz CT molecular complexity index is 518. The van der Waals surface area contributed by atoms with Gasteiger partial charge in [0.1, 0.15) is 17.3 Å². The number of benzene rings is 1. The van der Waals surface area contributed by atoms with Crippen molar-refractivity contribution < 1.29 is 10.0 Å². The topological polar surface area (TPSA) is 99.2 Å². The summed E-state index contributed by atoms with van der Waals surface area (Å²) in [6.45, 7) is 0.560. The van der Waals surface area contributed by atoms with Crippen molar-refractivity contribution in [2.75, 3.05) is 18.5 Å². The summed E-state index contributed by atoms with van der Waals surface area (Å²) in [6.07, 6.45) is 1.84. The minimum absolute atomic E-state index is 0.0406. The number of para-hydroxylation sites is 1. The van der Waals surface area contributed by atoms with Gasteiger partial charge >= 0.3 is 5.69 Å². The molecule has 18 heavy (non-hydrogen) atoms. The molecule has 0 unspecified atom stereocenters. The Morgan fingerprint density at radius 3 is 2.78 bits per heavy atom. The van der Waals surface area contributed by atoms with E-state index in [9.17, 15) is 15.2 Å². The molecule has 0 radical (unpaired) electrons. The van der Waals surface area contributed by atoms with Gasteiger partial charge in [0, 0.05) is 12.0 Å². The molecule has 1 aliphatic carbocycles. The zero-order valence-electron chi connectivity index (χ0n) is 9.72. The maximum Gasteiger partial charge on any atom is 0.309 e. The lowest BCUT2D eigenvalue weighted by Crippen LogP contribution is -2.19. The van der Waals surface area contributed by atoms with Crippen molar-refractivity contribution in [2.45, 2.75) is 12.8 Å². The highest BCUT2D eigenvalue weighted by atomic mass is 16.6. The summed E-state index contributed by atoms with van der Waals surface area (Å²) in [6, 6.07) is 6.41. The lowest BCUT2D eigenvalue weighted by Gasteiger charge is -2.14. The summed E-state index contributed by atoms with van der Waals surface area (Å²) in [4.78, 5) is 10.4. The van der Waals surface area contributed by atoms with Crippen molar-refractivity contribution in [3.63, 3.8) is 0 Å². The van der Waals surface area contributed by atoms with E-state index in [4.69, 9.17) is 5.26 Å². The average Bonchev–Trinajstić information content (AvgIpc) is 3.16. The van der Waals surface area contributed by atoms with Crippen LogP contribution < -0.4 is 5.32 Å². The van der Waals surface area contributed by atoms with Gasteiger partial charge in [-0.25, -0.2) is 0 Å². The van der Waals surface area contributed by atoms with E-state index in [-0.39, 0.29) is 23.3 Å². The first-order chi connectivity index (χ1) is 8.62. The van der Waals surface area contributed by atoms with E-state index in [1.807, 2.05) is 6.07 Å². The second-order valence-electron chi connectivity index (χ2n) is 4.58. The summed E-state index contributed by atoms with van der Waals surface area (Å²) in [5, 5.41) is 32.0. The molecule has 1 aromatic carbocycles. The van der Waals surface area contributed by atoms with Crippen molar-refractivity contribution in [3.05, 3.63) is 33.9 Å². The summed E-state index contributed by atoms with van der Waals surface area (Å²) < 4.78 is 0. The maximum atomic E-state index is 11.0. The van der Waals surface area contributed by atoms with Gasteiger partial charge < -0.3 is 10.4 Å². The molecule has 1 aliphatic rings. The van der Waals surface area contributed by atoms with Crippen molar-refractivity contribution >= 4 is 11.4 Å². The molecule has 0 bridgehead atoms. The Morgan fingerprint density at radius 2 is 2.28 bits per heavy atom. The number of aliphatic hydroxyl groups excluding tert-OH is 1. The van der Waals surface area contributed by atoms with E-state index >= 15 is 0 Å². The first-order valence-corrected chi connectivity index (χ1v) is 5.64. The van der Waals surface area contributed by atoms with Gasteiger partial charge in [0.05, 0.1) is 11.5 Å². The maximum absolute atomic E-state index is 11.0. The van der Waals surface area contributed by atoms with E-state index < -0.39 is 4.92 Å². The number of nitrogens with zero attached hydrogens (tertiary/aromatic N) is 2. The molecule has 1 fully saturated rings. The van der Waals surface area contributed by atoms with Crippen molar-refractivity contribution in [3.8, 4) is 6.07 Å². The summed E-state index contributed by atoms with van der Waals surface area (Å²) >= 11 is 0. The third kappa shape index (κ3) is 2.26. The summed E-state index contributed by atoms with van der Waals surface area (Å²) in [5.41, 5.74) is 0.0302. The van der Waals surface area contributed by atoms with Crippen LogP contribution in [-0.2, 0) is 0 Å². The molecule has 1 aromatic rings. The fourth-order valence-corrected chi connectivity index (χ4v) is 1.82. The smallest absolute Gasteiger partial charge is 0.309 e. The van der Waals surface area contributed by atoms with Crippen LogP contribution in [0.3, 0.4) is 0 Å². The number of anilines is 1. The average molecular weight is 247 g/mol. The number of hydrogen-bond donors (Lipinski definition) is 2. The van der Waals surface area contributed by atoms with Crippen LogP contribution in [0.15, 0.2) is 18.2 Å². The van der Waals surface area contributed by atoms with Gasteiger partial charge in [-0.05, 0) is 25.0 Å². The number of nitriles is 1. The van der Waals surface area contributed by atoms with Gasteiger partial charge in [-0.1, -0.05) is 6.07 Å². The number of aliphatic hydroxyl groups is 1. The van der Waals surface area contributed by atoms with Gasteiger partial charge in [-0.2, -0.15) is 5.26 Å². The van der Waals surface area contributed by atoms with E-state index in [0.29, 0.717) is 12.2 Å². The zero-order chi connectivity index (χ0) is 13.2. The molecule has 0 heterocycles. The molecule has 0 aliphatic heterocycles. The van der Waals surface area contributed by atoms with Crippen LogP contribution in [0.1, 0.15) is 18.4 Å². The van der Waals surface area contributed by atoms with Gasteiger partial charge in [0.15, 0.2) is 0 Å². The van der Waals surface area contributed by atoms with Crippen LogP contribution >= 0.6 is 0 Å². The predicted octanol–water partition coefficient (Wildman–Crippen LogP) is 1.65. The van der Waals surface area contributed by atoms with Crippen LogP contribution in [0.25, 0.3) is 0 Å². The van der Waals surface area contributed by atoms with Crippen LogP contribution in [-0.4, -0.2) is 23.2 Å². The standard InChI is InChI=1S/C12H13N3O3/c13-6-9-2-1-3-10(11(9)15(17)18)14-7-12(8-16)4-5-12/h1-3,14,16H,4-5,7-8H2. The molecular weight excluding hydrogens is 234 g/mol. The Kier molecular flexibility index (Phi) is 3.17. The first-order valence-electron chi connectivity index (χ1n) is 5.64. The lowest BCUT2D eigenvalue weighted by molar-refractivity contribution is -0.384. The van der Waals surface area contributed by atoms with Crippen LogP contribution in [0, 0.1) is 26.9 Å². The van der Waals surface area contributed by atoms with Crippen LogP contribution in [0.2, 0.25) is 0 Å². The minimum Gasteiger partial charge on any atom is -0.396 e. The molecule has 94 valence electrons. The quantitative estimate of drug-likeness (QED) is 0.608. The summed E-state index contributed by atoms with van der Waals surface area (Å²) in [5.74, 6) is 0. The number of nitrogens with one attached hydrogen (secondary N) is 1. The molecule has 1 saturated carbocycles. The highest BCUT2D eigenvalue weighted by molar-refractivity contribution is 5.68. The third-order valence-corrected chi connectivity index (χ3v) is 3.29. The monoisotopic (exact) mass is 247 g/mol. The van der Waals surface area contributed by atoms with E-state index in [2.05, 4.69) is 5.32 Å². The van der Waals surface area contributed by atoms with Crippen molar-refractivity contribution in [2.24, 2.45) is 5.41 Å². The Hall–Kier alpha value is -2.13. The molecule has 6 nitrogen and oxygen atoms in total. The zero-order valence-corrected chi connectivity index (χ0v) is 9.72. The van der Waals surface area contributed by atoms with Crippen LogP contribution in [0.4, 0.5) is 11.4 Å². The second kappa shape index (κ2) is 4.63. The molecule has 0 spiro atoms. The van der Waals surface area contributed by atoms with Crippen molar-refractivity contribution in [1.29, 1.82) is 5.26 Å². The molecule has 0 aromatic heterocycles. The van der Waals surface area contributed by atoms with Gasteiger partial charge in [0.25, 0.3) is 0 Å². The van der Waals surface area contributed by atoms with E-state index in [1.54, 1.807) is 12.1 Å². The molecule has 6 heteroatoms. The first kappa shape index (κ1) is 12.3. The third-order valence-electron chi connectivity index (χ3n) is 3.29. The molecule has 2 N–H and O–H groups in total. The SMILES string of the molecule is N#Cc1cccc(NCC2(CO)CC2)c1[N+](=O)[O-]. The second-order valence-corrected chi connectivity index (χ2v) is 4.58.